The van der Waals surface area contributed by atoms with Crippen molar-refractivity contribution >= 4 is 22.9 Å². The molecular weight excluding hydrogens is 250 g/mol. The summed E-state index contributed by atoms with van der Waals surface area (Å²) in [5.41, 5.74) is 3.69. The van der Waals surface area contributed by atoms with E-state index < -0.39 is 0 Å². The third kappa shape index (κ3) is 1.98. The lowest BCUT2D eigenvalue weighted by atomic mass is 9.88. The summed E-state index contributed by atoms with van der Waals surface area (Å²) in [4.78, 5) is 3.16. The topological polar surface area (TPSA) is 3.24 Å². The van der Waals surface area contributed by atoms with Crippen LogP contribution in [0.2, 0.25) is 0 Å². The van der Waals surface area contributed by atoms with Crippen LogP contribution < -0.4 is 4.90 Å². The van der Waals surface area contributed by atoms with Crippen molar-refractivity contribution in [1.82, 2.24) is 0 Å². The van der Waals surface area contributed by atoms with Crippen molar-refractivity contribution in [3.05, 3.63) is 77.9 Å². The van der Waals surface area contributed by atoms with E-state index in [1.807, 2.05) is 24.3 Å². The van der Waals surface area contributed by atoms with Gasteiger partial charge in [-0.3, -0.25) is 0 Å². The molecule has 1 fully saturated rings. The Balaban J connectivity index is 2.03. The predicted octanol–water partition coefficient (Wildman–Crippen LogP) is 4.52. The van der Waals surface area contributed by atoms with Gasteiger partial charge in [0, 0.05) is 11.3 Å². The van der Waals surface area contributed by atoms with Crippen LogP contribution >= 0.6 is 12.2 Å². The number of benzene rings is 2. The molecule has 1 aliphatic heterocycles. The fraction of sp³-hybridized carbons (Fsp3) is 0.118. The first kappa shape index (κ1) is 12.1. The maximum Gasteiger partial charge on any atom is 0.112 e. The third-order valence-electron chi connectivity index (χ3n) is 3.48. The predicted molar refractivity (Wildman–Crippen MR) is 84.5 cm³/mol. The molecule has 0 aliphatic carbocycles. The van der Waals surface area contributed by atoms with Crippen molar-refractivity contribution in [2.75, 3.05) is 4.90 Å². The fourth-order valence-corrected chi connectivity index (χ4v) is 2.99. The molecule has 1 atom stereocenters. The maximum absolute atomic E-state index is 5.54. The standard InChI is InChI=1S/C17H15NS/c1-2-15-16(13-9-5-3-6-10-13)18(17(15)19)14-11-7-4-8-12-14/h2-12,16H,1H3/b15-2+. The van der Waals surface area contributed by atoms with Gasteiger partial charge in [-0.2, -0.15) is 0 Å². The smallest absolute Gasteiger partial charge is 0.112 e. The molecule has 0 aromatic heterocycles. The van der Waals surface area contributed by atoms with Gasteiger partial charge in [0.1, 0.15) is 4.99 Å². The van der Waals surface area contributed by atoms with Crippen molar-refractivity contribution in [3.63, 3.8) is 0 Å². The Morgan fingerprint density at radius 2 is 1.53 bits per heavy atom. The monoisotopic (exact) mass is 265 g/mol. The van der Waals surface area contributed by atoms with E-state index >= 15 is 0 Å². The first-order valence-corrected chi connectivity index (χ1v) is 6.83. The molecule has 2 aromatic carbocycles. The first-order valence-electron chi connectivity index (χ1n) is 6.42. The third-order valence-corrected chi connectivity index (χ3v) is 3.91. The quantitative estimate of drug-likeness (QED) is 0.580. The zero-order valence-corrected chi connectivity index (χ0v) is 11.6. The zero-order chi connectivity index (χ0) is 13.2. The van der Waals surface area contributed by atoms with Gasteiger partial charge in [0.15, 0.2) is 0 Å². The highest BCUT2D eigenvalue weighted by atomic mass is 32.1. The summed E-state index contributed by atoms with van der Waals surface area (Å²) in [6.07, 6.45) is 2.12. The molecule has 0 amide bonds. The molecule has 1 nitrogen and oxygen atoms in total. The van der Waals surface area contributed by atoms with Crippen LogP contribution in [-0.2, 0) is 0 Å². The van der Waals surface area contributed by atoms with Crippen LogP contribution in [-0.4, -0.2) is 4.99 Å². The lowest BCUT2D eigenvalue weighted by Crippen LogP contribution is -2.48. The van der Waals surface area contributed by atoms with Crippen molar-refractivity contribution in [2.45, 2.75) is 13.0 Å². The van der Waals surface area contributed by atoms with Crippen molar-refractivity contribution in [3.8, 4) is 0 Å². The Morgan fingerprint density at radius 1 is 0.947 bits per heavy atom. The van der Waals surface area contributed by atoms with Gasteiger partial charge in [-0.15, -0.1) is 0 Å². The van der Waals surface area contributed by atoms with Crippen LogP contribution in [0.1, 0.15) is 18.5 Å². The first-order chi connectivity index (χ1) is 9.33. The molecule has 0 saturated carbocycles. The number of nitrogens with zero attached hydrogens (tertiary/aromatic N) is 1. The molecule has 0 bridgehead atoms. The molecule has 1 heterocycles. The van der Waals surface area contributed by atoms with E-state index in [9.17, 15) is 0 Å². The molecule has 94 valence electrons. The van der Waals surface area contributed by atoms with Crippen LogP contribution in [0, 0.1) is 0 Å². The van der Waals surface area contributed by atoms with E-state index in [2.05, 4.69) is 54.3 Å². The van der Waals surface area contributed by atoms with Gasteiger partial charge >= 0.3 is 0 Å². The van der Waals surface area contributed by atoms with E-state index in [-0.39, 0.29) is 6.04 Å². The summed E-state index contributed by atoms with van der Waals surface area (Å²) in [6, 6.07) is 21.1. The average Bonchev–Trinajstić information content (AvgIpc) is 2.47. The number of thiocarbonyl (C=S) groups is 1. The van der Waals surface area contributed by atoms with Gasteiger partial charge in [0.05, 0.1) is 6.04 Å². The normalized spacial score (nSPS) is 20.5. The Bertz CT molecular complexity index is 616. The molecule has 1 unspecified atom stereocenters. The molecule has 1 aliphatic rings. The van der Waals surface area contributed by atoms with Gasteiger partial charge in [-0.05, 0) is 24.6 Å². The Hall–Kier alpha value is -1.93. The fourth-order valence-electron chi connectivity index (χ4n) is 2.55. The molecule has 19 heavy (non-hydrogen) atoms. The summed E-state index contributed by atoms with van der Waals surface area (Å²) in [7, 11) is 0. The van der Waals surface area contributed by atoms with E-state index in [4.69, 9.17) is 12.2 Å². The highest BCUT2D eigenvalue weighted by Crippen LogP contribution is 2.43. The zero-order valence-electron chi connectivity index (χ0n) is 10.8. The van der Waals surface area contributed by atoms with Crippen LogP contribution in [0.3, 0.4) is 0 Å². The van der Waals surface area contributed by atoms with Gasteiger partial charge in [0.2, 0.25) is 0 Å². The van der Waals surface area contributed by atoms with Gasteiger partial charge in [-0.25, -0.2) is 0 Å². The number of hydrogen-bond donors (Lipinski definition) is 0. The molecule has 3 rings (SSSR count). The second-order valence-electron chi connectivity index (χ2n) is 4.57. The molecule has 0 radical (unpaired) electrons. The van der Waals surface area contributed by atoms with E-state index in [1.54, 1.807) is 0 Å². The maximum atomic E-state index is 5.54. The summed E-state index contributed by atoms with van der Waals surface area (Å²) >= 11 is 5.54. The molecule has 1 saturated heterocycles. The molecule has 2 heteroatoms. The molecular formula is C17H15NS. The van der Waals surface area contributed by atoms with Crippen LogP contribution in [0.5, 0.6) is 0 Å². The Kier molecular flexibility index (Phi) is 3.18. The van der Waals surface area contributed by atoms with Crippen molar-refractivity contribution in [2.24, 2.45) is 0 Å². The number of rotatable bonds is 2. The SMILES string of the molecule is C/C=C1/C(=S)N(c2ccccc2)C1c1ccccc1. The summed E-state index contributed by atoms with van der Waals surface area (Å²) in [6.45, 7) is 2.06. The van der Waals surface area contributed by atoms with Crippen LogP contribution in [0.4, 0.5) is 5.69 Å². The van der Waals surface area contributed by atoms with Gasteiger partial charge < -0.3 is 4.90 Å². The van der Waals surface area contributed by atoms with E-state index in [0.717, 1.165) is 10.7 Å². The highest BCUT2D eigenvalue weighted by molar-refractivity contribution is 7.81. The van der Waals surface area contributed by atoms with Gasteiger partial charge in [-0.1, -0.05) is 66.8 Å². The highest BCUT2D eigenvalue weighted by Gasteiger charge is 2.39. The number of anilines is 1. The minimum absolute atomic E-state index is 0.251. The second kappa shape index (κ2) is 4.98. The number of hydrogen-bond acceptors (Lipinski definition) is 1. The van der Waals surface area contributed by atoms with Crippen LogP contribution in [0.15, 0.2) is 72.3 Å². The minimum Gasteiger partial charge on any atom is -0.321 e. The van der Waals surface area contributed by atoms with Crippen molar-refractivity contribution < 1.29 is 0 Å². The lowest BCUT2D eigenvalue weighted by Gasteiger charge is -2.46. The number of para-hydroxylation sites is 1. The molecule has 2 aromatic rings. The minimum atomic E-state index is 0.251. The molecule has 0 spiro atoms. The summed E-state index contributed by atoms with van der Waals surface area (Å²) < 4.78 is 0. The average molecular weight is 265 g/mol. The van der Waals surface area contributed by atoms with Gasteiger partial charge in [0.25, 0.3) is 0 Å². The lowest BCUT2D eigenvalue weighted by molar-refractivity contribution is 0.788. The number of allylic oxidation sites excluding steroid dienone is 1. The Labute approximate surface area is 119 Å². The molecule has 0 N–H and O–H groups in total. The van der Waals surface area contributed by atoms with E-state index in [1.165, 1.54) is 11.1 Å². The van der Waals surface area contributed by atoms with Crippen LogP contribution in [0.25, 0.3) is 0 Å². The van der Waals surface area contributed by atoms with E-state index in [0.29, 0.717) is 0 Å². The summed E-state index contributed by atoms with van der Waals surface area (Å²) in [5, 5.41) is 0. The second-order valence-corrected chi connectivity index (χ2v) is 4.95. The largest absolute Gasteiger partial charge is 0.321 e. The van der Waals surface area contributed by atoms with Crippen molar-refractivity contribution in [1.29, 1.82) is 0 Å². The Morgan fingerprint density at radius 3 is 2.11 bits per heavy atom. The summed E-state index contributed by atoms with van der Waals surface area (Å²) in [5.74, 6) is 0.